The van der Waals surface area contributed by atoms with E-state index in [-0.39, 0.29) is 5.56 Å². The second kappa shape index (κ2) is 5.57. The zero-order valence-electron chi connectivity index (χ0n) is 11.2. The molecule has 0 bridgehead atoms. The SMILES string of the molecule is C=Cc1ccn(Cc2ccc(OC)cc2)c(=O)c1C. The van der Waals surface area contributed by atoms with Crippen molar-refractivity contribution in [2.75, 3.05) is 7.11 Å². The zero-order chi connectivity index (χ0) is 13.8. The van der Waals surface area contributed by atoms with Gasteiger partial charge in [-0.05, 0) is 36.2 Å². The van der Waals surface area contributed by atoms with Crippen molar-refractivity contribution in [2.24, 2.45) is 0 Å². The average Bonchev–Trinajstić information content (AvgIpc) is 2.45. The van der Waals surface area contributed by atoms with E-state index in [9.17, 15) is 4.79 Å². The van der Waals surface area contributed by atoms with Crippen LogP contribution in [0.2, 0.25) is 0 Å². The number of pyridine rings is 1. The first kappa shape index (κ1) is 13.1. The fourth-order valence-corrected chi connectivity index (χ4v) is 1.98. The van der Waals surface area contributed by atoms with Crippen LogP contribution in [0, 0.1) is 6.92 Å². The largest absolute Gasteiger partial charge is 0.497 e. The van der Waals surface area contributed by atoms with Gasteiger partial charge < -0.3 is 9.30 Å². The minimum atomic E-state index is 0.0215. The molecule has 1 aromatic heterocycles. The molecule has 0 saturated heterocycles. The molecule has 0 atom stereocenters. The van der Waals surface area contributed by atoms with Gasteiger partial charge in [-0.25, -0.2) is 0 Å². The Labute approximate surface area is 112 Å². The summed E-state index contributed by atoms with van der Waals surface area (Å²) < 4.78 is 6.81. The Hall–Kier alpha value is -2.29. The Kier molecular flexibility index (Phi) is 3.85. The summed E-state index contributed by atoms with van der Waals surface area (Å²) in [4.78, 5) is 12.2. The molecular weight excluding hydrogens is 238 g/mol. The van der Waals surface area contributed by atoms with Crippen molar-refractivity contribution in [3.05, 3.63) is 70.2 Å². The molecule has 0 amide bonds. The van der Waals surface area contributed by atoms with Gasteiger partial charge in [0.1, 0.15) is 5.75 Å². The lowest BCUT2D eigenvalue weighted by atomic mass is 10.1. The molecule has 98 valence electrons. The lowest BCUT2D eigenvalue weighted by Crippen LogP contribution is -2.22. The van der Waals surface area contributed by atoms with Gasteiger partial charge >= 0.3 is 0 Å². The maximum absolute atomic E-state index is 12.2. The highest BCUT2D eigenvalue weighted by atomic mass is 16.5. The van der Waals surface area contributed by atoms with Crippen molar-refractivity contribution in [1.29, 1.82) is 0 Å². The molecule has 3 heteroatoms. The van der Waals surface area contributed by atoms with E-state index in [0.29, 0.717) is 6.54 Å². The monoisotopic (exact) mass is 255 g/mol. The van der Waals surface area contributed by atoms with Crippen LogP contribution in [0.3, 0.4) is 0 Å². The van der Waals surface area contributed by atoms with Gasteiger partial charge in [-0.15, -0.1) is 0 Å². The number of hydrogen-bond donors (Lipinski definition) is 0. The van der Waals surface area contributed by atoms with Gasteiger partial charge in [0.2, 0.25) is 0 Å². The van der Waals surface area contributed by atoms with E-state index in [4.69, 9.17) is 4.74 Å². The van der Waals surface area contributed by atoms with Gasteiger partial charge in [-0.3, -0.25) is 4.79 Å². The molecule has 0 spiro atoms. The number of aromatic nitrogens is 1. The Morgan fingerprint density at radius 1 is 1.26 bits per heavy atom. The Morgan fingerprint density at radius 3 is 2.53 bits per heavy atom. The van der Waals surface area contributed by atoms with Crippen LogP contribution >= 0.6 is 0 Å². The van der Waals surface area contributed by atoms with Crippen LogP contribution in [0.15, 0.2) is 47.9 Å². The summed E-state index contributed by atoms with van der Waals surface area (Å²) in [5.41, 5.74) is 2.70. The van der Waals surface area contributed by atoms with Crippen molar-refractivity contribution in [2.45, 2.75) is 13.5 Å². The number of rotatable bonds is 4. The number of ether oxygens (including phenoxy) is 1. The molecule has 0 saturated carbocycles. The van der Waals surface area contributed by atoms with Gasteiger partial charge in [0.15, 0.2) is 0 Å². The highest BCUT2D eigenvalue weighted by Crippen LogP contribution is 2.12. The molecule has 19 heavy (non-hydrogen) atoms. The lowest BCUT2D eigenvalue weighted by molar-refractivity contribution is 0.414. The molecule has 0 aliphatic rings. The number of nitrogens with zero attached hydrogens (tertiary/aromatic N) is 1. The van der Waals surface area contributed by atoms with Crippen LogP contribution in [0.5, 0.6) is 5.75 Å². The molecule has 0 N–H and O–H groups in total. The van der Waals surface area contributed by atoms with Crippen molar-refractivity contribution in [3.63, 3.8) is 0 Å². The molecule has 3 nitrogen and oxygen atoms in total. The summed E-state index contributed by atoms with van der Waals surface area (Å²) in [6.45, 7) is 6.08. The summed E-state index contributed by atoms with van der Waals surface area (Å²) in [5.74, 6) is 0.814. The first-order chi connectivity index (χ1) is 9.15. The fourth-order valence-electron chi connectivity index (χ4n) is 1.98. The summed E-state index contributed by atoms with van der Waals surface area (Å²) in [7, 11) is 1.64. The molecule has 1 heterocycles. The minimum Gasteiger partial charge on any atom is -0.497 e. The molecule has 0 unspecified atom stereocenters. The van der Waals surface area contributed by atoms with Crippen LogP contribution in [0.25, 0.3) is 6.08 Å². The Bertz CT molecular complexity index is 639. The van der Waals surface area contributed by atoms with E-state index in [1.54, 1.807) is 23.9 Å². The van der Waals surface area contributed by atoms with E-state index >= 15 is 0 Å². The van der Waals surface area contributed by atoms with Crippen molar-refractivity contribution < 1.29 is 4.74 Å². The van der Waals surface area contributed by atoms with E-state index in [1.807, 2.05) is 37.3 Å². The smallest absolute Gasteiger partial charge is 0.254 e. The van der Waals surface area contributed by atoms with Crippen molar-refractivity contribution in [1.82, 2.24) is 4.57 Å². The minimum absolute atomic E-state index is 0.0215. The van der Waals surface area contributed by atoms with Crippen LogP contribution in [0.1, 0.15) is 16.7 Å². The summed E-state index contributed by atoms with van der Waals surface area (Å²) in [6, 6.07) is 9.62. The predicted octanol–water partition coefficient (Wildman–Crippen LogP) is 2.86. The number of methoxy groups -OCH3 is 1. The van der Waals surface area contributed by atoms with Gasteiger partial charge in [0, 0.05) is 11.8 Å². The second-order valence-corrected chi connectivity index (χ2v) is 4.38. The summed E-state index contributed by atoms with van der Waals surface area (Å²) in [6.07, 6.45) is 3.50. The molecule has 2 rings (SSSR count). The predicted molar refractivity (Wildman–Crippen MR) is 77.6 cm³/mol. The van der Waals surface area contributed by atoms with E-state index < -0.39 is 0 Å². The summed E-state index contributed by atoms with van der Waals surface area (Å²) in [5, 5.41) is 0. The molecule has 1 aromatic carbocycles. The van der Waals surface area contributed by atoms with Crippen LogP contribution < -0.4 is 10.3 Å². The van der Waals surface area contributed by atoms with E-state index in [2.05, 4.69) is 6.58 Å². The quantitative estimate of drug-likeness (QED) is 0.841. The number of benzene rings is 1. The first-order valence-corrected chi connectivity index (χ1v) is 6.11. The average molecular weight is 255 g/mol. The van der Waals surface area contributed by atoms with Crippen molar-refractivity contribution in [3.8, 4) is 5.75 Å². The second-order valence-electron chi connectivity index (χ2n) is 4.38. The van der Waals surface area contributed by atoms with Crippen molar-refractivity contribution >= 4 is 6.08 Å². The van der Waals surface area contributed by atoms with Gasteiger partial charge in [-0.2, -0.15) is 0 Å². The third-order valence-electron chi connectivity index (χ3n) is 3.18. The highest BCUT2D eigenvalue weighted by Gasteiger charge is 2.04. The number of hydrogen-bond acceptors (Lipinski definition) is 2. The molecular formula is C16H17NO2. The van der Waals surface area contributed by atoms with Gasteiger partial charge in [0.25, 0.3) is 5.56 Å². The lowest BCUT2D eigenvalue weighted by Gasteiger charge is -2.09. The molecule has 0 aliphatic carbocycles. The standard InChI is InChI=1S/C16H17NO2/c1-4-14-9-10-17(16(18)12(14)2)11-13-5-7-15(19-3)8-6-13/h4-10H,1,11H2,2-3H3. The topological polar surface area (TPSA) is 31.2 Å². The van der Waals surface area contributed by atoms with Gasteiger partial charge in [0.05, 0.1) is 13.7 Å². The summed E-state index contributed by atoms with van der Waals surface area (Å²) >= 11 is 0. The van der Waals surface area contributed by atoms with Crippen LogP contribution in [0.4, 0.5) is 0 Å². The van der Waals surface area contributed by atoms with Gasteiger partial charge in [-0.1, -0.05) is 24.8 Å². The third-order valence-corrected chi connectivity index (χ3v) is 3.18. The van der Waals surface area contributed by atoms with E-state index in [1.165, 1.54) is 0 Å². The fraction of sp³-hybridized carbons (Fsp3) is 0.188. The van der Waals surface area contributed by atoms with Crippen LogP contribution in [-0.2, 0) is 6.54 Å². The van der Waals surface area contributed by atoms with E-state index in [0.717, 1.165) is 22.4 Å². The highest BCUT2D eigenvalue weighted by molar-refractivity contribution is 5.50. The van der Waals surface area contributed by atoms with Crippen LogP contribution in [-0.4, -0.2) is 11.7 Å². The first-order valence-electron chi connectivity index (χ1n) is 6.11. The Morgan fingerprint density at radius 2 is 1.95 bits per heavy atom. The molecule has 2 aromatic rings. The zero-order valence-corrected chi connectivity index (χ0v) is 11.2. The maximum atomic E-state index is 12.2. The molecule has 0 fully saturated rings. The normalized spacial score (nSPS) is 10.2. The molecule has 0 radical (unpaired) electrons. The third kappa shape index (κ3) is 2.76. The Balaban J connectivity index is 2.30. The maximum Gasteiger partial charge on any atom is 0.254 e. The molecule has 0 aliphatic heterocycles.